The lowest BCUT2D eigenvalue weighted by molar-refractivity contribution is -0.193. The number of carboxylic acid groups (broad SMARTS) is 2. The fraction of sp³-hybridized carbons (Fsp3) is 0.682. The number of carbonyl (C=O) groups is 3. The second kappa shape index (κ2) is 14.6. The van der Waals surface area contributed by atoms with E-state index in [0.29, 0.717) is 12.0 Å². The third kappa shape index (κ3) is 11.1. The van der Waals surface area contributed by atoms with E-state index >= 15 is 0 Å². The molecule has 3 heterocycles. The lowest BCUT2D eigenvalue weighted by Crippen LogP contribution is -2.51. The zero-order valence-electron chi connectivity index (χ0n) is 21.0. The summed E-state index contributed by atoms with van der Waals surface area (Å²) in [4.78, 5) is 37.8. The summed E-state index contributed by atoms with van der Waals surface area (Å²) in [6.45, 7) is 7.82. The number of carboxylic acids is 2. The number of amides is 1. The molecule has 2 aliphatic rings. The summed E-state index contributed by atoms with van der Waals surface area (Å²) in [5, 5.41) is 16.4. The van der Waals surface area contributed by atoms with Gasteiger partial charge in [0.1, 0.15) is 6.61 Å². The molecule has 1 amide bonds. The Morgan fingerprint density at radius 3 is 2.05 bits per heavy atom. The van der Waals surface area contributed by atoms with Crippen molar-refractivity contribution < 1.29 is 55.7 Å². The van der Waals surface area contributed by atoms with Crippen molar-refractivity contribution in [2.75, 3.05) is 46.9 Å². The van der Waals surface area contributed by atoms with E-state index in [0.717, 1.165) is 39.1 Å². The molecule has 3 rings (SSSR count). The van der Waals surface area contributed by atoms with Crippen molar-refractivity contribution in [1.29, 1.82) is 0 Å². The first-order chi connectivity index (χ1) is 17.5. The van der Waals surface area contributed by atoms with Crippen LogP contribution in [-0.4, -0.2) is 114 Å². The van der Waals surface area contributed by atoms with Gasteiger partial charge in [0.25, 0.3) is 0 Å². The van der Waals surface area contributed by atoms with E-state index in [4.69, 9.17) is 24.5 Å². The first-order valence-corrected chi connectivity index (χ1v) is 12.3. The fourth-order valence-corrected chi connectivity index (χ4v) is 4.62. The summed E-state index contributed by atoms with van der Waals surface area (Å²) in [5.41, 5.74) is 0. The molecule has 0 unspecified atom stereocenters. The molecule has 1 aromatic heterocycles. The maximum atomic E-state index is 11.9. The highest BCUT2D eigenvalue weighted by atomic mass is 32.1. The molecule has 218 valence electrons. The maximum absolute atomic E-state index is 11.9. The highest BCUT2D eigenvalue weighted by Crippen LogP contribution is 2.34. The summed E-state index contributed by atoms with van der Waals surface area (Å²) in [6.07, 6.45) is -8.94. The fourth-order valence-electron chi connectivity index (χ4n) is 3.89. The summed E-state index contributed by atoms with van der Waals surface area (Å²) in [7, 11) is 3.57. The summed E-state index contributed by atoms with van der Waals surface area (Å²) < 4.78 is 69.5. The Morgan fingerprint density at radius 1 is 1.08 bits per heavy atom. The molecule has 0 saturated carbocycles. The number of carbonyl (C=O) groups excluding carboxylic acids is 1. The third-order valence-corrected chi connectivity index (χ3v) is 6.71. The van der Waals surface area contributed by atoms with Crippen molar-refractivity contribution in [1.82, 2.24) is 14.7 Å². The second-order valence-corrected chi connectivity index (χ2v) is 9.70. The highest BCUT2D eigenvalue weighted by molar-refractivity contribution is 7.09. The van der Waals surface area contributed by atoms with Crippen molar-refractivity contribution in [3.05, 3.63) is 22.4 Å². The number of halogens is 6. The van der Waals surface area contributed by atoms with Gasteiger partial charge in [-0.05, 0) is 24.4 Å². The van der Waals surface area contributed by atoms with Crippen molar-refractivity contribution in [3.63, 3.8) is 0 Å². The smallest absolute Gasteiger partial charge is 0.475 e. The first kappa shape index (κ1) is 33.6. The zero-order valence-corrected chi connectivity index (χ0v) is 21.8. The lowest BCUT2D eigenvalue weighted by atomic mass is 9.89. The molecule has 0 bridgehead atoms. The number of ether oxygens (including phenoxy) is 1. The van der Waals surface area contributed by atoms with Gasteiger partial charge in [0, 0.05) is 57.1 Å². The van der Waals surface area contributed by atoms with Crippen LogP contribution in [0.3, 0.4) is 0 Å². The van der Waals surface area contributed by atoms with Gasteiger partial charge < -0.3 is 24.7 Å². The summed E-state index contributed by atoms with van der Waals surface area (Å²) >= 11 is 1.84. The minimum atomic E-state index is -5.08. The SMILES string of the molecule is CCN1C[C@H]2[C@@H](C1)N(Cc1cccs1)CC[C@H]2OCC(=O)N(C)C.O=C(O)C(F)(F)F.O=C(O)C(F)(F)F. The minimum Gasteiger partial charge on any atom is -0.475 e. The van der Waals surface area contributed by atoms with Gasteiger partial charge in [-0.25, -0.2) is 9.59 Å². The Labute approximate surface area is 219 Å². The van der Waals surface area contributed by atoms with E-state index in [1.54, 1.807) is 19.0 Å². The van der Waals surface area contributed by atoms with E-state index in [2.05, 4.69) is 34.2 Å². The van der Waals surface area contributed by atoms with E-state index in [1.807, 2.05) is 11.3 Å². The standard InChI is InChI=1S/C18H29N3O2S.2C2HF3O2/c1-4-20-11-15-16(12-20)21(10-14-6-5-9-24-14)8-7-17(15)23-13-18(22)19(2)3;2*3-2(4,5)1(6)7/h5-6,9,15-17H,4,7-8,10-13H2,1-3H3;2*(H,6,7)/t15-,16+,17+;;/m0../s1. The number of thiophene rings is 1. The predicted octanol–water partition coefficient (Wildman–Crippen LogP) is 3.01. The number of hydrogen-bond donors (Lipinski definition) is 2. The molecule has 2 saturated heterocycles. The van der Waals surface area contributed by atoms with Gasteiger partial charge in [-0.2, -0.15) is 26.3 Å². The maximum Gasteiger partial charge on any atom is 0.490 e. The molecule has 9 nitrogen and oxygen atoms in total. The number of likely N-dealkylation sites (N-methyl/N-ethyl adjacent to an activating group) is 2. The Hall–Kier alpha value is -2.43. The van der Waals surface area contributed by atoms with Gasteiger partial charge in [-0.3, -0.25) is 9.69 Å². The molecular formula is C22H31F6N3O6S. The molecule has 38 heavy (non-hydrogen) atoms. The molecule has 0 aromatic carbocycles. The van der Waals surface area contributed by atoms with Crippen molar-refractivity contribution in [2.45, 2.75) is 44.4 Å². The molecule has 0 aliphatic carbocycles. The number of fused-ring (bicyclic) bond motifs is 1. The summed E-state index contributed by atoms with van der Waals surface area (Å²) in [6, 6.07) is 4.90. The Balaban J connectivity index is 0.000000426. The zero-order chi connectivity index (χ0) is 29.3. The average molecular weight is 580 g/mol. The van der Waals surface area contributed by atoms with E-state index < -0.39 is 24.3 Å². The van der Waals surface area contributed by atoms with Crippen LogP contribution in [0.1, 0.15) is 18.2 Å². The molecule has 2 aliphatic heterocycles. The number of hydrogen-bond acceptors (Lipinski definition) is 7. The van der Waals surface area contributed by atoms with E-state index in [1.165, 1.54) is 4.88 Å². The average Bonchev–Trinajstić information content (AvgIpc) is 3.47. The number of nitrogens with zero attached hydrogens (tertiary/aromatic N) is 3. The minimum absolute atomic E-state index is 0.0536. The van der Waals surface area contributed by atoms with Crippen LogP contribution in [0.4, 0.5) is 26.3 Å². The van der Waals surface area contributed by atoms with Gasteiger partial charge in [0.2, 0.25) is 5.91 Å². The molecule has 2 N–H and O–H groups in total. The topological polar surface area (TPSA) is 111 Å². The Bertz CT molecular complexity index is 873. The van der Waals surface area contributed by atoms with E-state index in [9.17, 15) is 31.1 Å². The Morgan fingerprint density at radius 2 is 1.63 bits per heavy atom. The third-order valence-electron chi connectivity index (χ3n) is 5.85. The van der Waals surface area contributed by atoms with Crippen LogP contribution in [0.25, 0.3) is 0 Å². The molecule has 3 atom stereocenters. The number of alkyl halides is 6. The van der Waals surface area contributed by atoms with Gasteiger partial charge in [-0.1, -0.05) is 13.0 Å². The van der Waals surface area contributed by atoms with Gasteiger partial charge in [0.15, 0.2) is 0 Å². The molecular weight excluding hydrogens is 548 g/mol. The number of rotatable bonds is 6. The van der Waals surface area contributed by atoms with Crippen LogP contribution in [0.15, 0.2) is 17.5 Å². The molecule has 0 spiro atoms. The highest BCUT2D eigenvalue weighted by Gasteiger charge is 2.44. The monoisotopic (exact) mass is 579 g/mol. The Kier molecular flexibility index (Phi) is 13.0. The van der Waals surface area contributed by atoms with Crippen LogP contribution in [0.5, 0.6) is 0 Å². The van der Waals surface area contributed by atoms with Crippen molar-refractivity contribution in [3.8, 4) is 0 Å². The van der Waals surface area contributed by atoms with Crippen LogP contribution in [0, 0.1) is 5.92 Å². The normalized spacial score (nSPS) is 21.9. The molecule has 16 heteroatoms. The molecule has 0 radical (unpaired) electrons. The summed E-state index contributed by atoms with van der Waals surface area (Å²) in [5.74, 6) is -4.95. The van der Waals surface area contributed by atoms with Gasteiger partial charge in [0.05, 0.1) is 6.10 Å². The van der Waals surface area contributed by atoms with Crippen molar-refractivity contribution >= 4 is 29.2 Å². The largest absolute Gasteiger partial charge is 0.490 e. The number of piperidine rings is 1. The lowest BCUT2D eigenvalue weighted by Gasteiger charge is -2.41. The quantitative estimate of drug-likeness (QED) is 0.495. The van der Waals surface area contributed by atoms with Crippen LogP contribution >= 0.6 is 11.3 Å². The van der Waals surface area contributed by atoms with Gasteiger partial charge >= 0.3 is 24.3 Å². The second-order valence-electron chi connectivity index (χ2n) is 8.67. The first-order valence-electron chi connectivity index (χ1n) is 11.4. The van der Waals surface area contributed by atoms with Crippen molar-refractivity contribution in [2.24, 2.45) is 5.92 Å². The van der Waals surface area contributed by atoms with Gasteiger partial charge in [-0.15, -0.1) is 11.3 Å². The van der Waals surface area contributed by atoms with Crippen LogP contribution < -0.4 is 0 Å². The molecule has 2 fully saturated rings. The molecule has 1 aromatic rings. The predicted molar refractivity (Wildman–Crippen MR) is 125 cm³/mol. The van der Waals surface area contributed by atoms with Crippen LogP contribution in [0.2, 0.25) is 0 Å². The number of likely N-dealkylation sites (tertiary alicyclic amines) is 2. The van der Waals surface area contributed by atoms with E-state index in [-0.39, 0.29) is 18.6 Å². The number of aliphatic carboxylic acids is 2. The van der Waals surface area contributed by atoms with Crippen LogP contribution in [-0.2, 0) is 25.7 Å².